The highest BCUT2D eigenvalue weighted by Gasteiger charge is 2.13. The van der Waals surface area contributed by atoms with E-state index in [9.17, 15) is 0 Å². The lowest BCUT2D eigenvalue weighted by molar-refractivity contribution is 0.0376. The number of hydrazone groups is 1. The fourth-order valence-corrected chi connectivity index (χ4v) is 3.62. The van der Waals surface area contributed by atoms with E-state index in [1.165, 1.54) is 0 Å². The molecule has 2 aromatic rings. The van der Waals surface area contributed by atoms with Crippen molar-refractivity contribution in [3.8, 4) is 5.69 Å². The molecule has 0 saturated carbocycles. The molecule has 10 heteroatoms. The maximum absolute atomic E-state index is 6.48. The lowest BCUT2D eigenvalue weighted by Crippen LogP contribution is -2.39. The summed E-state index contributed by atoms with van der Waals surface area (Å²) in [5.74, 6) is 0. The smallest absolute Gasteiger partial charge is 0.186 e. The highest BCUT2D eigenvalue weighted by Crippen LogP contribution is 2.23. The molecule has 0 bridgehead atoms. The molecule has 0 unspecified atom stereocenters. The summed E-state index contributed by atoms with van der Waals surface area (Å²) in [7, 11) is 0. The van der Waals surface area contributed by atoms with Crippen LogP contribution in [0.3, 0.4) is 0 Å². The number of morpholine rings is 1. The molecule has 0 aliphatic carbocycles. The second kappa shape index (κ2) is 10.9. The molecule has 2 N–H and O–H groups in total. The van der Waals surface area contributed by atoms with Crippen molar-refractivity contribution in [2.24, 2.45) is 5.10 Å². The molecule has 0 amide bonds. The molecule has 0 atom stereocenters. The summed E-state index contributed by atoms with van der Waals surface area (Å²) in [6, 6.07) is 7.34. The summed E-state index contributed by atoms with van der Waals surface area (Å²) >= 11 is 17.8. The third kappa shape index (κ3) is 6.38. The monoisotopic (exact) mass is 454 g/mol. The lowest BCUT2D eigenvalue weighted by atomic mass is 10.3. The summed E-state index contributed by atoms with van der Waals surface area (Å²) in [6.07, 6.45) is 2.62. The number of hydrogen-bond acceptors (Lipinski definition) is 5. The second-order valence-electron chi connectivity index (χ2n) is 6.62. The van der Waals surface area contributed by atoms with Crippen molar-refractivity contribution in [1.29, 1.82) is 0 Å². The first kappa shape index (κ1) is 22.0. The zero-order valence-corrected chi connectivity index (χ0v) is 18.5. The minimum absolute atomic E-state index is 0.458. The van der Waals surface area contributed by atoms with Gasteiger partial charge in [-0.1, -0.05) is 29.3 Å². The van der Waals surface area contributed by atoms with Crippen molar-refractivity contribution in [2.75, 3.05) is 39.4 Å². The zero-order chi connectivity index (χ0) is 20.6. The number of halogens is 2. The SMILES string of the molecule is Cc1nn(-c2cccc(Cl)c2)c(Cl)c1/C=N/NC(=S)NCCCN1CCOCC1. The van der Waals surface area contributed by atoms with Gasteiger partial charge in [-0.05, 0) is 50.3 Å². The van der Waals surface area contributed by atoms with E-state index in [4.69, 9.17) is 40.2 Å². The first-order valence-electron chi connectivity index (χ1n) is 9.42. The van der Waals surface area contributed by atoms with Gasteiger partial charge >= 0.3 is 0 Å². The molecule has 1 aromatic heterocycles. The summed E-state index contributed by atoms with van der Waals surface area (Å²) in [4.78, 5) is 2.39. The topological polar surface area (TPSA) is 66.7 Å². The first-order chi connectivity index (χ1) is 14.0. The van der Waals surface area contributed by atoms with Crippen molar-refractivity contribution < 1.29 is 4.74 Å². The van der Waals surface area contributed by atoms with Gasteiger partial charge in [0.1, 0.15) is 5.15 Å². The van der Waals surface area contributed by atoms with Crippen LogP contribution in [0.15, 0.2) is 29.4 Å². The molecule has 1 fully saturated rings. The largest absolute Gasteiger partial charge is 0.379 e. The number of thiocarbonyl (C=S) groups is 1. The number of hydrogen-bond donors (Lipinski definition) is 2. The molecule has 0 spiro atoms. The van der Waals surface area contributed by atoms with E-state index in [1.54, 1.807) is 23.0 Å². The molecular formula is C19H24Cl2N6OS. The summed E-state index contributed by atoms with van der Waals surface area (Å²) in [6.45, 7) is 7.31. The Kier molecular flexibility index (Phi) is 8.26. The van der Waals surface area contributed by atoms with Crippen LogP contribution in [-0.4, -0.2) is 65.4 Å². The normalized spacial score (nSPS) is 15.0. The Morgan fingerprint density at radius 1 is 1.34 bits per heavy atom. The van der Waals surface area contributed by atoms with Crippen LogP contribution in [0.1, 0.15) is 17.7 Å². The van der Waals surface area contributed by atoms with Gasteiger partial charge < -0.3 is 10.1 Å². The van der Waals surface area contributed by atoms with Crippen LogP contribution in [0.4, 0.5) is 0 Å². The van der Waals surface area contributed by atoms with Crippen LogP contribution in [0.5, 0.6) is 0 Å². The van der Waals surface area contributed by atoms with Gasteiger partial charge in [-0.15, -0.1) is 0 Å². The van der Waals surface area contributed by atoms with E-state index >= 15 is 0 Å². The van der Waals surface area contributed by atoms with Crippen LogP contribution < -0.4 is 10.7 Å². The van der Waals surface area contributed by atoms with Crippen molar-refractivity contribution in [2.45, 2.75) is 13.3 Å². The second-order valence-corrected chi connectivity index (χ2v) is 7.82. The molecule has 2 heterocycles. The molecule has 7 nitrogen and oxygen atoms in total. The number of aromatic nitrogens is 2. The fraction of sp³-hybridized carbons (Fsp3) is 0.421. The maximum atomic E-state index is 6.48. The third-order valence-electron chi connectivity index (χ3n) is 4.50. The molecular weight excluding hydrogens is 431 g/mol. The summed E-state index contributed by atoms with van der Waals surface area (Å²) < 4.78 is 6.98. The number of nitrogens with one attached hydrogen (secondary N) is 2. The van der Waals surface area contributed by atoms with Gasteiger partial charge in [0, 0.05) is 24.7 Å². The van der Waals surface area contributed by atoms with E-state index < -0.39 is 0 Å². The van der Waals surface area contributed by atoms with E-state index in [-0.39, 0.29) is 0 Å². The van der Waals surface area contributed by atoms with Crippen LogP contribution >= 0.6 is 35.4 Å². The van der Waals surface area contributed by atoms with E-state index in [1.807, 2.05) is 19.1 Å². The molecule has 29 heavy (non-hydrogen) atoms. The Bertz CT molecular complexity index is 866. The van der Waals surface area contributed by atoms with Crippen LogP contribution in [0.25, 0.3) is 5.69 Å². The minimum Gasteiger partial charge on any atom is -0.379 e. The minimum atomic E-state index is 0.458. The van der Waals surface area contributed by atoms with Gasteiger partial charge in [0.2, 0.25) is 0 Å². The molecule has 1 saturated heterocycles. The molecule has 1 aliphatic heterocycles. The van der Waals surface area contributed by atoms with Gasteiger partial charge in [-0.2, -0.15) is 10.2 Å². The summed E-state index contributed by atoms with van der Waals surface area (Å²) in [5, 5.41) is 13.4. The Balaban J connectivity index is 1.48. The van der Waals surface area contributed by atoms with Crippen molar-refractivity contribution in [1.82, 2.24) is 25.4 Å². The number of benzene rings is 1. The van der Waals surface area contributed by atoms with Crippen LogP contribution in [0, 0.1) is 6.92 Å². The highest BCUT2D eigenvalue weighted by molar-refractivity contribution is 7.80. The van der Waals surface area contributed by atoms with Crippen molar-refractivity contribution in [3.63, 3.8) is 0 Å². The molecule has 1 aliphatic rings. The maximum Gasteiger partial charge on any atom is 0.186 e. The molecule has 1 aromatic carbocycles. The number of rotatable bonds is 7. The summed E-state index contributed by atoms with van der Waals surface area (Å²) in [5.41, 5.74) is 5.08. The predicted molar refractivity (Wildman–Crippen MR) is 122 cm³/mol. The Hall–Kier alpha value is -1.71. The lowest BCUT2D eigenvalue weighted by Gasteiger charge is -2.26. The van der Waals surface area contributed by atoms with Gasteiger partial charge in [-0.25, -0.2) is 4.68 Å². The molecule has 156 valence electrons. The Labute approximate surface area is 186 Å². The number of aryl methyl sites for hydroxylation is 1. The average molecular weight is 455 g/mol. The molecule has 3 rings (SSSR count). The molecule has 0 radical (unpaired) electrons. The van der Waals surface area contributed by atoms with Crippen molar-refractivity contribution in [3.05, 3.63) is 45.7 Å². The standard InChI is InChI=1S/C19H24Cl2N6OS/c1-14-17(18(21)27(25-14)16-5-2-4-15(20)12-16)13-23-24-19(29)22-6-3-7-26-8-10-28-11-9-26/h2,4-5,12-13H,3,6-11H2,1H3,(H2,22,24,29)/b23-13+. The van der Waals surface area contributed by atoms with Gasteiger partial charge in [0.25, 0.3) is 0 Å². The Morgan fingerprint density at radius 3 is 2.90 bits per heavy atom. The third-order valence-corrected chi connectivity index (χ3v) is 5.34. The zero-order valence-electron chi connectivity index (χ0n) is 16.2. The average Bonchev–Trinajstić information content (AvgIpc) is 3.00. The predicted octanol–water partition coefficient (Wildman–Crippen LogP) is 3.01. The van der Waals surface area contributed by atoms with Crippen LogP contribution in [0.2, 0.25) is 10.2 Å². The van der Waals surface area contributed by atoms with Gasteiger partial charge in [0.15, 0.2) is 5.11 Å². The highest BCUT2D eigenvalue weighted by atomic mass is 35.5. The quantitative estimate of drug-likeness (QED) is 0.290. The first-order valence-corrected chi connectivity index (χ1v) is 10.6. The number of ether oxygens (including phenoxy) is 1. The fourth-order valence-electron chi connectivity index (χ4n) is 2.96. The van der Waals surface area contributed by atoms with Gasteiger partial charge in [0.05, 0.1) is 36.4 Å². The van der Waals surface area contributed by atoms with E-state index in [2.05, 4.69) is 25.8 Å². The number of nitrogens with zero attached hydrogens (tertiary/aromatic N) is 4. The van der Waals surface area contributed by atoms with E-state index in [0.29, 0.717) is 20.9 Å². The van der Waals surface area contributed by atoms with E-state index in [0.717, 1.165) is 57.2 Å². The Morgan fingerprint density at radius 2 is 2.14 bits per heavy atom. The van der Waals surface area contributed by atoms with Crippen molar-refractivity contribution >= 4 is 46.7 Å². The van der Waals surface area contributed by atoms with Crippen LogP contribution in [-0.2, 0) is 4.74 Å². The van der Waals surface area contributed by atoms with Gasteiger partial charge in [-0.3, -0.25) is 10.3 Å².